The van der Waals surface area contributed by atoms with E-state index in [-0.39, 0.29) is 0 Å². The first-order chi connectivity index (χ1) is 9.71. The Balaban J connectivity index is 1.52. The fraction of sp³-hybridized carbons (Fsp3) is 1.00. The molecule has 2 saturated carbocycles. The lowest BCUT2D eigenvalue weighted by atomic mass is 9.81. The normalized spacial score (nSPS) is 40.6. The van der Waals surface area contributed by atoms with Crippen LogP contribution in [-0.2, 0) is 4.74 Å². The summed E-state index contributed by atoms with van der Waals surface area (Å²) in [5.41, 5.74) is 0.347. The molecule has 1 heterocycles. The molecule has 0 amide bonds. The van der Waals surface area contributed by atoms with Gasteiger partial charge in [0, 0.05) is 31.7 Å². The largest absolute Gasteiger partial charge is 0.381 e. The zero-order valence-corrected chi connectivity index (χ0v) is 13.4. The molecule has 4 atom stereocenters. The Morgan fingerprint density at radius 1 is 1.30 bits per heavy atom. The molecule has 0 aromatic heterocycles. The third-order valence-electron chi connectivity index (χ3n) is 5.99. The number of ether oxygens (including phenoxy) is 1. The summed E-state index contributed by atoms with van der Waals surface area (Å²) in [6.07, 6.45) is 8.60. The van der Waals surface area contributed by atoms with E-state index in [1.807, 2.05) is 0 Å². The maximum Gasteiger partial charge on any atom is 0.0546 e. The standard InChI is InChI=1S/C17H32N2O/c1-18-11-17(6-3-7-20-13-17)12-19(2)10-16-9-14-4-5-15(16)8-14/h14-16,18H,3-13H2,1-2H3. The van der Waals surface area contributed by atoms with Crippen molar-refractivity contribution in [3.8, 4) is 0 Å². The van der Waals surface area contributed by atoms with E-state index in [4.69, 9.17) is 4.74 Å². The first-order valence-electron chi connectivity index (χ1n) is 8.62. The summed E-state index contributed by atoms with van der Waals surface area (Å²) in [5, 5.41) is 3.40. The van der Waals surface area contributed by atoms with Gasteiger partial charge in [0.25, 0.3) is 0 Å². The lowest BCUT2D eigenvalue weighted by Crippen LogP contribution is -2.48. The minimum Gasteiger partial charge on any atom is -0.381 e. The lowest BCUT2D eigenvalue weighted by molar-refractivity contribution is -0.0243. The highest BCUT2D eigenvalue weighted by Gasteiger charge is 2.40. The maximum absolute atomic E-state index is 5.79. The van der Waals surface area contributed by atoms with Crippen molar-refractivity contribution in [1.29, 1.82) is 0 Å². The number of hydrogen-bond donors (Lipinski definition) is 1. The smallest absolute Gasteiger partial charge is 0.0546 e. The highest BCUT2D eigenvalue weighted by molar-refractivity contribution is 4.92. The van der Waals surface area contributed by atoms with Gasteiger partial charge in [-0.05, 0) is 64.0 Å². The highest BCUT2D eigenvalue weighted by atomic mass is 16.5. The van der Waals surface area contributed by atoms with E-state index in [0.717, 1.165) is 37.5 Å². The molecular weight excluding hydrogens is 248 g/mol. The molecule has 4 unspecified atom stereocenters. The fourth-order valence-electron chi connectivity index (χ4n) is 5.24. The van der Waals surface area contributed by atoms with Gasteiger partial charge in [0.05, 0.1) is 6.61 Å². The van der Waals surface area contributed by atoms with E-state index >= 15 is 0 Å². The summed E-state index contributed by atoms with van der Waals surface area (Å²) in [5.74, 6) is 3.10. The van der Waals surface area contributed by atoms with Gasteiger partial charge < -0.3 is 15.0 Å². The predicted molar refractivity (Wildman–Crippen MR) is 82.8 cm³/mol. The number of fused-ring (bicyclic) bond motifs is 2. The van der Waals surface area contributed by atoms with Crippen LogP contribution in [0.3, 0.4) is 0 Å². The van der Waals surface area contributed by atoms with Crippen LogP contribution in [0.2, 0.25) is 0 Å². The van der Waals surface area contributed by atoms with Crippen LogP contribution in [0.25, 0.3) is 0 Å². The van der Waals surface area contributed by atoms with Gasteiger partial charge in [0.1, 0.15) is 0 Å². The molecule has 20 heavy (non-hydrogen) atoms. The van der Waals surface area contributed by atoms with Crippen LogP contribution in [0.1, 0.15) is 38.5 Å². The number of nitrogens with zero attached hydrogens (tertiary/aromatic N) is 1. The minimum absolute atomic E-state index is 0.347. The van der Waals surface area contributed by atoms with Gasteiger partial charge in [-0.2, -0.15) is 0 Å². The molecule has 3 aliphatic rings. The SMILES string of the molecule is CNCC1(CN(C)CC2CC3CCC2C3)CCCOC1. The third-order valence-corrected chi connectivity index (χ3v) is 5.99. The second-order valence-corrected chi connectivity index (χ2v) is 7.82. The van der Waals surface area contributed by atoms with Gasteiger partial charge in [0.15, 0.2) is 0 Å². The quantitative estimate of drug-likeness (QED) is 0.808. The van der Waals surface area contributed by atoms with Gasteiger partial charge in [-0.3, -0.25) is 0 Å². The molecule has 2 aliphatic carbocycles. The van der Waals surface area contributed by atoms with Crippen molar-refractivity contribution in [3.05, 3.63) is 0 Å². The third kappa shape index (κ3) is 3.20. The number of hydrogen-bond acceptors (Lipinski definition) is 3. The number of rotatable bonds is 6. The molecule has 3 fully saturated rings. The van der Waals surface area contributed by atoms with Crippen LogP contribution in [0.15, 0.2) is 0 Å². The predicted octanol–water partition coefficient (Wildman–Crippen LogP) is 2.37. The van der Waals surface area contributed by atoms with Gasteiger partial charge in [0.2, 0.25) is 0 Å². The molecule has 3 heteroatoms. The second kappa shape index (κ2) is 6.33. The molecule has 3 rings (SSSR count). The van der Waals surface area contributed by atoms with Crippen LogP contribution in [0.4, 0.5) is 0 Å². The average molecular weight is 280 g/mol. The summed E-state index contributed by atoms with van der Waals surface area (Å²) >= 11 is 0. The lowest BCUT2D eigenvalue weighted by Gasteiger charge is -2.41. The Bertz CT molecular complexity index is 309. The van der Waals surface area contributed by atoms with Gasteiger partial charge in [-0.25, -0.2) is 0 Å². The fourth-order valence-corrected chi connectivity index (χ4v) is 5.24. The van der Waals surface area contributed by atoms with Crippen molar-refractivity contribution in [2.75, 3.05) is 46.9 Å². The van der Waals surface area contributed by atoms with Gasteiger partial charge in [-0.15, -0.1) is 0 Å². The summed E-state index contributed by atoms with van der Waals surface area (Å²) in [4.78, 5) is 2.61. The molecular formula is C17H32N2O. The molecule has 1 N–H and O–H groups in total. The Morgan fingerprint density at radius 2 is 2.20 bits per heavy atom. The zero-order valence-electron chi connectivity index (χ0n) is 13.4. The molecule has 0 spiro atoms. The Labute approximate surface area is 124 Å². The molecule has 3 nitrogen and oxygen atoms in total. The Kier molecular flexibility index (Phi) is 4.68. The van der Waals surface area contributed by atoms with Crippen LogP contribution in [0, 0.1) is 23.2 Å². The minimum atomic E-state index is 0.347. The monoisotopic (exact) mass is 280 g/mol. The van der Waals surface area contributed by atoms with E-state index < -0.39 is 0 Å². The van der Waals surface area contributed by atoms with E-state index in [2.05, 4.69) is 24.3 Å². The molecule has 1 saturated heterocycles. The van der Waals surface area contributed by atoms with Crippen molar-refractivity contribution in [2.24, 2.45) is 23.2 Å². The van der Waals surface area contributed by atoms with Crippen molar-refractivity contribution in [1.82, 2.24) is 10.2 Å². The second-order valence-electron chi connectivity index (χ2n) is 7.82. The van der Waals surface area contributed by atoms with E-state index in [1.54, 1.807) is 0 Å². The maximum atomic E-state index is 5.79. The van der Waals surface area contributed by atoms with E-state index in [0.29, 0.717) is 5.41 Å². The first-order valence-corrected chi connectivity index (χ1v) is 8.62. The topological polar surface area (TPSA) is 24.5 Å². The zero-order chi connectivity index (χ0) is 14.0. The van der Waals surface area contributed by atoms with Gasteiger partial charge in [-0.1, -0.05) is 6.42 Å². The van der Waals surface area contributed by atoms with Crippen LogP contribution in [0.5, 0.6) is 0 Å². The summed E-state index contributed by atoms with van der Waals surface area (Å²) in [6, 6.07) is 0. The van der Waals surface area contributed by atoms with Crippen molar-refractivity contribution < 1.29 is 4.74 Å². The average Bonchev–Trinajstić information content (AvgIpc) is 3.02. The van der Waals surface area contributed by atoms with Gasteiger partial charge >= 0.3 is 0 Å². The van der Waals surface area contributed by atoms with Crippen LogP contribution < -0.4 is 5.32 Å². The Morgan fingerprint density at radius 3 is 2.80 bits per heavy atom. The van der Waals surface area contributed by atoms with Crippen molar-refractivity contribution in [3.63, 3.8) is 0 Å². The first kappa shape index (κ1) is 14.8. The highest BCUT2D eigenvalue weighted by Crippen LogP contribution is 2.48. The Hall–Kier alpha value is -0.120. The summed E-state index contributed by atoms with van der Waals surface area (Å²) < 4.78 is 5.79. The van der Waals surface area contributed by atoms with Crippen LogP contribution >= 0.6 is 0 Å². The summed E-state index contributed by atoms with van der Waals surface area (Å²) in [6.45, 7) is 5.50. The van der Waals surface area contributed by atoms with E-state index in [9.17, 15) is 0 Å². The molecule has 2 bridgehead atoms. The molecule has 0 aromatic rings. The van der Waals surface area contributed by atoms with Crippen molar-refractivity contribution in [2.45, 2.75) is 38.5 Å². The van der Waals surface area contributed by atoms with E-state index in [1.165, 1.54) is 51.6 Å². The van der Waals surface area contributed by atoms with Crippen LogP contribution in [-0.4, -0.2) is 51.8 Å². The molecule has 116 valence electrons. The molecule has 0 aromatic carbocycles. The molecule has 0 radical (unpaired) electrons. The number of nitrogens with one attached hydrogen (secondary N) is 1. The summed E-state index contributed by atoms with van der Waals surface area (Å²) in [7, 11) is 4.41. The molecule has 1 aliphatic heterocycles. The van der Waals surface area contributed by atoms with Crippen molar-refractivity contribution >= 4 is 0 Å².